The summed E-state index contributed by atoms with van der Waals surface area (Å²) in [5.74, 6) is -3.64. The van der Waals surface area contributed by atoms with Gasteiger partial charge in [0.15, 0.2) is 0 Å². The van der Waals surface area contributed by atoms with Crippen LogP contribution in [0.15, 0.2) is 54.6 Å². The Kier molecular flexibility index (Phi) is 10.7. The molecular weight excluding hydrogens is 664 g/mol. The van der Waals surface area contributed by atoms with Gasteiger partial charge >= 0.3 is 12.3 Å². The molecule has 48 heavy (non-hydrogen) atoms. The van der Waals surface area contributed by atoms with E-state index in [1.54, 1.807) is 0 Å². The van der Waals surface area contributed by atoms with Crippen LogP contribution in [0.2, 0.25) is 0 Å². The Bertz CT molecular complexity index is 1900. The maximum absolute atomic E-state index is 14.8. The maximum Gasteiger partial charge on any atom is 0.432 e. The van der Waals surface area contributed by atoms with E-state index < -0.39 is 81.0 Å². The summed E-state index contributed by atoms with van der Waals surface area (Å²) in [5, 5.41) is 0. The second-order valence-corrected chi connectivity index (χ2v) is 10.3. The lowest BCUT2D eigenvalue weighted by atomic mass is 10.0. The molecule has 0 aliphatic heterocycles. The molecule has 0 N–H and O–H groups in total. The van der Waals surface area contributed by atoms with E-state index in [-0.39, 0.29) is 23.1 Å². The molecule has 0 aromatic heterocycles. The number of unbranched alkanes of at least 4 members (excludes halogenated alkanes) is 2. The first kappa shape index (κ1) is 35.8. The second kappa shape index (κ2) is 14.4. The fourth-order valence-corrected chi connectivity index (χ4v) is 4.44. The van der Waals surface area contributed by atoms with Gasteiger partial charge in [0.25, 0.3) is 0 Å². The van der Waals surface area contributed by atoms with E-state index in [0.29, 0.717) is 30.7 Å². The van der Waals surface area contributed by atoms with E-state index in [4.69, 9.17) is 0 Å². The summed E-state index contributed by atoms with van der Waals surface area (Å²) >= 11 is 0. The Morgan fingerprint density at radius 2 is 1.10 bits per heavy atom. The number of rotatable bonds is 7. The quantitative estimate of drug-likeness (QED) is 0.107. The van der Waals surface area contributed by atoms with Crippen molar-refractivity contribution >= 4 is 0 Å². The Hall–Kier alpha value is -5.04. The van der Waals surface area contributed by atoms with Crippen LogP contribution in [-0.2, 0) is 18.7 Å². The maximum atomic E-state index is 14.8. The number of hydrogen-bond acceptors (Lipinski definition) is 1. The van der Waals surface area contributed by atoms with Gasteiger partial charge in [-0.05, 0) is 60.9 Å². The average Bonchev–Trinajstić information content (AvgIpc) is 2.94. The molecule has 0 bridgehead atoms. The van der Waals surface area contributed by atoms with Crippen LogP contribution in [0.1, 0.15) is 65.1 Å². The second-order valence-electron chi connectivity index (χ2n) is 10.3. The first-order chi connectivity index (χ1) is 22.5. The van der Waals surface area contributed by atoms with Crippen LogP contribution in [0.25, 0.3) is 0 Å². The van der Waals surface area contributed by atoms with Crippen LogP contribution >= 0.6 is 0 Å². The van der Waals surface area contributed by atoms with Crippen molar-refractivity contribution in [1.82, 2.24) is 0 Å². The molecule has 4 aromatic rings. The van der Waals surface area contributed by atoms with Gasteiger partial charge in [-0.25, -0.2) is 30.7 Å². The molecule has 250 valence electrons. The minimum atomic E-state index is -5.29. The first-order valence-electron chi connectivity index (χ1n) is 13.9. The topological polar surface area (TPSA) is 9.23 Å². The lowest BCUT2D eigenvalue weighted by molar-refractivity contribution is -0.189. The fourth-order valence-electron chi connectivity index (χ4n) is 4.44. The van der Waals surface area contributed by atoms with Crippen LogP contribution in [0.4, 0.5) is 52.7 Å². The summed E-state index contributed by atoms with van der Waals surface area (Å²) in [6.07, 6.45) is -7.56. The smallest absolute Gasteiger partial charge is 0.429 e. The van der Waals surface area contributed by atoms with Crippen molar-refractivity contribution in [2.45, 2.75) is 44.9 Å². The Morgan fingerprint density at radius 1 is 0.562 bits per heavy atom. The number of halogens is 12. The van der Waals surface area contributed by atoms with Crippen molar-refractivity contribution in [2.75, 3.05) is 0 Å². The van der Waals surface area contributed by atoms with Gasteiger partial charge in [0.05, 0.1) is 11.1 Å². The molecule has 0 atom stereocenters. The summed E-state index contributed by atoms with van der Waals surface area (Å²) in [6.45, 7) is 1.91. The number of ether oxygens (including phenoxy) is 1. The van der Waals surface area contributed by atoms with Crippen molar-refractivity contribution in [1.29, 1.82) is 0 Å². The standard InChI is InChI=1S/C35H20F12O/c1-2-3-4-5-20-13-30(41)33(31(42)14-20)35(46,47)48-23-17-26(37)24(27(38)18-23)11-8-19-6-9-22(25(36)12-19)10-7-21-15-28(39)32(29(40)16-21)34(43,44)45/h6,9,12-18H,2-5H2,1H3. The highest BCUT2D eigenvalue weighted by Gasteiger charge is 2.41. The van der Waals surface area contributed by atoms with Crippen molar-refractivity contribution < 1.29 is 57.4 Å². The van der Waals surface area contributed by atoms with Gasteiger partial charge in [0.1, 0.15) is 57.6 Å². The minimum absolute atomic E-state index is 0.145. The molecular formula is C35H20F12O. The van der Waals surface area contributed by atoms with Crippen LogP contribution in [0, 0.1) is 64.4 Å². The van der Waals surface area contributed by atoms with Crippen LogP contribution in [-0.4, -0.2) is 0 Å². The van der Waals surface area contributed by atoms with Gasteiger partial charge in [0, 0.05) is 23.3 Å². The van der Waals surface area contributed by atoms with Gasteiger partial charge < -0.3 is 4.74 Å². The zero-order valence-corrected chi connectivity index (χ0v) is 24.5. The summed E-state index contributed by atoms with van der Waals surface area (Å²) in [5.41, 5.74) is -5.73. The highest BCUT2D eigenvalue weighted by Crippen LogP contribution is 2.37. The highest BCUT2D eigenvalue weighted by atomic mass is 19.4. The Labute approximate surface area is 266 Å². The number of hydrogen-bond donors (Lipinski definition) is 0. The molecule has 0 aliphatic rings. The highest BCUT2D eigenvalue weighted by molar-refractivity contribution is 5.50. The zero-order chi connectivity index (χ0) is 35.4. The molecule has 0 amide bonds. The van der Waals surface area contributed by atoms with Crippen molar-refractivity contribution in [3.63, 3.8) is 0 Å². The molecule has 4 aromatic carbocycles. The van der Waals surface area contributed by atoms with Gasteiger partial charge in [0.2, 0.25) is 0 Å². The molecule has 1 nitrogen and oxygen atoms in total. The molecule has 0 aliphatic carbocycles. The molecule has 13 heteroatoms. The molecule has 0 saturated heterocycles. The predicted octanol–water partition coefficient (Wildman–Crippen LogP) is 10.3. The van der Waals surface area contributed by atoms with Crippen LogP contribution in [0.3, 0.4) is 0 Å². The van der Waals surface area contributed by atoms with E-state index in [1.807, 2.05) is 6.92 Å². The number of aryl methyl sites for hydroxylation is 1. The molecule has 0 saturated carbocycles. The summed E-state index contributed by atoms with van der Waals surface area (Å²) in [6, 6.07) is 5.62. The van der Waals surface area contributed by atoms with Crippen molar-refractivity contribution in [2.24, 2.45) is 0 Å². The molecule has 0 heterocycles. The van der Waals surface area contributed by atoms with Gasteiger partial charge in [-0.1, -0.05) is 43.4 Å². The van der Waals surface area contributed by atoms with Crippen molar-refractivity contribution in [3.8, 4) is 29.4 Å². The normalized spacial score (nSPS) is 11.4. The zero-order valence-electron chi connectivity index (χ0n) is 24.5. The third kappa shape index (κ3) is 8.45. The lowest BCUT2D eigenvalue weighted by Gasteiger charge is -2.20. The van der Waals surface area contributed by atoms with Gasteiger partial charge in [-0.3, -0.25) is 0 Å². The van der Waals surface area contributed by atoms with Gasteiger partial charge in [-0.15, -0.1) is 0 Å². The molecule has 0 fully saturated rings. The summed E-state index contributed by atoms with van der Waals surface area (Å²) in [7, 11) is 0. The van der Waals surface area contributed by atoms with Crippen molar-refractivity contribution in [3.05, 3.63) is 134 Å². The first-order valence-corrected chi connectivity index (χ1v) is 13.9. The molecule has 0 unspecified atom stereocenters. The van der Waals surface area contributed by atoms with E-state index in [1.165, 1.54) is 0 Å². The summed E-state index contributed by atoms with van der Waals surface area (Å²) in [4.78, 5) is 0. The third-order valence-electron chi connectivity index (χ3n) is 6.69. The number of benzene rings is 4. The van der Waals surface area contributed by atoms with Gasteiger partial charge in [-0.2, -0.15) is 22.0 Å². The van der Waals surface area contributed by atoms with Crippen LogP contribution in [0.5, 0.6) is 5.75 Å². The SMILES string of the molecule is CCCCCc1cc(F)c(C(F)(F)Oc2cc(F)c(C#Cc3ccc(C#Cc4cc(F)c(C(F)(F)F)c(F)c4)c(F)c3)c(F)c2)c(F)c1. The Balaban J connectivity index is 1.52. The summed E-state index contributed by atoms with van der Waals surface area (Å²) < 4.78 is 172. The fraction of sp³-hybridized carbons (Fsp3) is 0.200. The largest absolute Gasteiger partial charge is 0.432 e. The van der Waals surface area contributed by atoms with E-state index in [2.05, 4.69) is 28.4 Å². The monoisotopic (exact) mass is 684 g/mol. The number of alkyl halides is 5. The van der Waals surface area contributed by atoms with E-state index >= 15 is 0 Å². The molecule has 4 rings (SSSR count). The molecule has 0 radical (unpaired) electrons. The van der Waals surface area contributed by atoms with Crippen LogP contribution < -0.4 is 4.74 Å². The molecule has 0 spiro atoms. The average molecular weight is 685 g/mol. The predicted molar refractivity (Wildman–Crippen MR) is 150 cm³/mol. The van der Waals surface area contributed by atoms with E-state index in [9.17, 15) is 52.7 Å². The minimum Gasteiger partial charge on any atom is -0.429 e. The Morgan fingerprint density at radius 3 is 1.65 bits per heavy atom. The van der Waals surface area contributed by atoms with E-state index in [0.717, 1.165) is 43.2 Å². The third-order valence-corrected chi connectivity index (χ3v) is 6.69. The lowest BCUT2D eigenvalue weighted by Crippen LogP contribution is -2.25.